The third-order valence-corrected chi connectivity index (χ3v) is 3.29. The summed E-state index contributed by atoms with van der Waals surface area (Å²) in [5.41, 5.74) is -0.379. The molecule has 98 valence electrons. The standard InChI is InChI=1S/C13H15ClFNO2/c1-13(2)8-18-6-5-16(13)12(17)10-4-3-9(14)7-11(10)15/h3-4,7H,5-6,8H2,1-2H3. The lowest BCUT2D eigenvalue weighted by molar-refractivity contribution is -0.0372. The topological polar surface area (TPSA) is 29.5 Å². The Morgan fingerprint density at radius 3 is 2.83 bits per heavy atom. The molecular weight excluding hydrogens is 257 g/mol. The van der Waals surface area contributed by atoms with Crippen LogP contribution in [0.2, 0.25) is 5.02 Å². The molecule has 0 unspecified atom stereocenters. The molecule has 0 aromatic heterocycles. The van der Waals surface area contributed by atoms with Crippen LogP contribution in [0.3, 0.4) is 0 Å². The molecule has 0 radical (unpaired) electrons. The van der Waals surface area contributed by atoms with Crippen LogP contribution in [0, 0.1) is 5.82 Å². The second-order valence-electron chi connectivity index (χ2n) is 4.95. The van der Waals surface area contributed by atoms with E-state index in [4.69, 9.17) is 16.3 Å². The first-order chi connectivity index (χ1) is 8.42. The van der Waals surface area contributed by atoms with Gasteiger partial charge in [0.05, 0.1) is 24.3 Å². The van der Waals surface area contributed by atoms with Crippen molar-refractivity contribution in [2.75, 3.05) is 19.8 Å². The Morgan fingerprint density at radius 2 is 2.22 bits per heavy atom. The molecule has 3 nitrogen and oxygen atoms in total. The summed E-state index contributed by atoms with van der Waals surface area (Å²) in [5, 5.41) is 0.283. The van der Waals surface area contributed by atoms with Gasteiger partial charge in [0.25, 0.3) is 5.91 Å². The van der Waals surface area contributed by atoms with Crippen molar-refractivity contribution in [3.63, 3.8) is 0 Å². The number of ether oxygens (including phenoxy) is 1. The largest absolute Gasteiger partial charge is 0.377 e. The first-order valence-corrected chi connectivity index (χ1v) is 6.14. The maximum atomic E-state index is 13.7. The van der Waals surface area contributed by atoms with Crippen LogP contribution < -0.4 is 0 Å². The van der Waals surface area contributed by atoms with E-state index in [-0.39, 0.29) is 16.5 Å². The van der Waals surface area contributed by atoms with Crippen molar-refractivity contribution >= 4 is 17.5 Å². The van der Waals surface area contributed by atoms with Crippen molar-refractivity contribution in [3.8, 4) is 0 Å². The Morgan fingerprint density at radius 1 is 1.50 bits per heavy atom. The fourth-order valence-corrected chi connectivity index (χ4v) is 2.20. The smallest absolute Gasteiger partial charge is 0.257 e. The molecule has 1 saturated heterocycles. The van der Waals surface area contributed by atoms with Gasteiger partial charge in [-0.2, -0.15) is 0 Å². The average Bonchev–Trinajstić information content (AvgIpc) is 2.27. The molecule has 0 atom stereocenters. The molecule has 1 amide bonds. The van der Waals surface area contributed by atoms with Crippen LogP contribution in [0.5, 0.6) is 0 Å². The van der Waals surface area contributed by atoms with Gasteiger partial charge in [-0.1, -0.05) is 11.6 Å². The van der Waals surface area contributed by atoms with Crippen molar-refractivity contribution in [3.05, 3.63) is 34.6 Å². The Hall–Kier alpha value is -1.13. The normalized spacial score (nSPS) is 18.8. The monoisotopic (exact) mass is 271 g/mol. The molecule has 18 heavy (non-hydrogen) atoms. The second-order valence-corrected chi connectivity index (χ2v) is 5.38. The molecule has 1 aromatic carbocycles. The molecule has 5 heteroatoms. The van der Waals surface area contributed by atoms with E-state index in [1.54, 1.807) is 4.90 Å². The number of hydrogen-bond donors (Lipinski definition) is 0. The average molecular weight is 272 g/mol. The Labute approximate surface area is 110 Å². The van der Waals surface area contributed by atoms with Crippen LogP contribution in [0.25, 0.3) is 0 Å². The maximum absolute atomic E-state index is 13.7. The zero-order valence-electron chi connectivity index (χ0n) is 10.4. The van der Waals surface area contributed by atoms with Gasteiger partial charge in [-0.05, 0) is 32.0 Å². The van der Waals surface area contributed by atoms with E-state index >= 15 is 0 Å². The molecular formula is C13H15ClFNO2. The number of amides is 1. The quantitative estimate of drug-likeness (QED) is 0.786. The lowest BCUT2D eigenvalue weighted by Crippen LogP contribution is -2.55. The number of morpholine rings is 1. The van der Waals surface area contributed by atoms with Gasteiger partial charge in [-0.25, -0.2) is 4.39 Å². The van der Waals surface area contributed by atoms with E-state index in [1.165, 1.54) is 12.1 Å². The highest BCUT2D eigenvalue weighted by molar-refractivity contribution is 6.30. The summed E-state index contributed by atoms with van der Waals surface area (Å²) in [7, 11) is 0. The number of benzene rings is 1. The lowest BCUT2D eigenvalue weighted by atomic mass is 10.0. The van der Waals surface area contributed by atoms with Gasteiger partial charge >= 0.3 is 0 Å². The van der Waals surface area contributed by atoms with E-state index in [0.29, 0.717) is 19.8 Å². The molecule has 1 aromatic rings. The number of rotatable bonds is 1. The van der Waals surface area contributed by atoms with Gasteiger partial charge in [-0.3, -0.25) is 4.79 Å². The number of carbonyl (C=O) groups is 1. The third-order valence-electron chi connectivity index (χ3n) is 3.05. The fraction of sp³-hybridized carbons (Fsp3) is 0.462. The molecule has 0 saturated carbocycles. The molecule has 0 aliphatic carbocycles. The Kier molecular flexibility index (Phi) is 3.59. The van der Waals surface area contributed by atoms with E-state index in [1.807, 2.05) is 13.8 Å². The first-order valence-electron chi connectivity index (χ1n) is 5.76. The van der Waals surface area contributed by atoms with Crippen molar-refractivity contribution < 1.29 is 13.9 Å². The van der Waals surface area contributed by atoms with E-state index in [9.17, 15) is 9.18 Å². The number of carbonyl (C=O) groups excluding carboxylic acids is 1. The SMILES string of the molecule is CC1(C)COCCN1C(=O)c1ccc(Cl)cc1F. The summed E-state index contributed by atoms with van der Waals surface area (Å²) in [4.78, 5) is 14.0. The predicted molar refractivity (Wildman–Crippen MR) is 67.3 cm³/mol. The number of hydrogen-bond acceptors (Lipinski definition) is 2. The Bertz CT molecular complexity index is 476. The lowest BCUT2D eigenvalue weighted by Gasteiger charge is -2.42. The van der Waals surface area contributed by atoms with Gasteiger partial charge in [0.15, 0.2) is 0 Å². The highest BCUT2D eigenvalue weighted by Gasteiger charge is 2.35. The molecule has 1 fully saturated rings. The fourth-order valence-electron chi connectivity index (χ4n) is 2.04. The van der Waals surface area contributed by atoms with Crippen LogP contribution in [0.15, 0.2) is 18.2 Å². The van der Waals surface area contributed by atoms with Gasteiger partial charge in [0.1, 0.15) is 5.82 Å². The zero-order chi connectivity index (χ0) is 13.3. The maximum Gasteiger partial charge on any atom is 0.257 e. The highest BCUT2D eigenvalue weighted by atomic mass is 35.5. The second kappa shape index (κ2) is 4.86. The molecule has 0 bridgehead atoms. The van der Waals surface area contributed by atoms with E-state index < -0.39 is 11.4 Å². The summed E-state index contributed by atoms with van der Waals surface area (Å²) in [5.74, 6) is -0.910. The highest BCUT2D eigenvalue weighted by Crippen LogP contribution is 2.23. The molecule has 1 heterocycles. The van der Waals surface area contributed by atoms with Crippen LogP contribution >= 0.6 is 11.6 Å². The van der Waals surface area contributed by atoms with Gasteiger partial charge in [0.2, 0.25) is 0 Å². The van der Waals surface area contributed by atoms with Crippen molar-refractivity contribution in [1.29, 1.82) is 0 Å². The Balaban J connectivity index is 2.30. The molecule has 1 aliphatic rings. The van der Waals surface area contributed by atoms with Crippen LogP contribution in [0.1, 0.15) is 24.2 Å². The number of halogens is 2. The van der Waals surface area contributed by atoms with Crippen molar-refractivity contribution in [1.82, 2.24) is 4.90 Å². The molecule has 1 aliphatic heterocycles. The van der Waals surface area contributed by atoms with E-state index in [2.05, 4.69) is 0 Å². The molecule has 0 N–H and O–H groups in total. The zero-order valence-corrected chi connectivity index (χ0v) is 11.1. The van der Waals surface area contributed by atoms with Crippen molar-refractivity contribution in [2.24, 2.45) is 0 Å². The van der Waals surface area contributed by atoms with E-state index in [0.717, 1.165) is 6.07 Å². The van der Waals surface area contributed by atoms with Gasteiger partial charge in [0, 0.05) is 11.6 Å². The van der Waals surface area contributed by atoms with Gasteiger partial charge in [-0.15, -0.1) is 0 Å². The van der Waals surface area contributed by atoms with Gasteiger partial charge < -0.3 is 9.64 Å². The summed E-state index contributed by atoms with van der Waals surface area (Å²) < 4.78 is 19.1. The minimum absolute atomic E-state index is 0.0503. The number of nitrogens with zero attached hydrogens (tertiary/aromatic N) is 1. The summed E-state index contributed by atoms with van der Waals surface area (Å²) >= 11 is 5.68. The predicted octanol–water partition coefficient (Wildman–Crippen LogP) is 2.73. The summed E-state index contributed by atoms with van der Waals surface area (Å²) in [6.45, 7) is 5.20. The minimum Gasteiger partial charge on any atom is -0.377 e. The summed E-state index contributed by atoms with van der Waals surface area (Å²) in [6.07, 6.45) is 0. The van der Waals surface area contributed by atoms with Crippen LogP contribution in [-0.2, 0) is 4.74 Å². The minimum atomic E-state index is -0.588. The van der Waals surface area contributed by atoms with Crippen molar-refractivity contribution in [2.45, 2.75) is 19.4 Å². The van der Waals surface area contributed by atoms with Crippen LogP contribution in [-0.4, -0.2) is 36.1 Å². The third kappa shape index (κ3) is 2.49. The first kappa shape index (κ1) is 13.3. The molecule has 0 spiro atoms. The van der Waals surface area contributed by atoms with Crippen LogP contribution in [0.4, 0.5) is 4.39 Å². The summed E-state index contributed by atoms with van der Waals surface area (Å²) in [6, 6.07) is 4.10. The molecule has 2 rings (SSSR count).